The predicted molar refractivity (Wildman–Crippen MR) is 119 cm³/mol. The van der Waals surface area contributed by atoms with Gasteiger partial charge in [-0.25, -0.2) is 4.79 Å². The van der Waals surface area contributed by atoms with Crippen molar-refractivity contribution in [3.05, 3.63) is 70.2 Å². The van der Waals surface area contributed by atoms with E-state index in [1.54, 1.807) is 17.7 Å². The maximum absolute atomic E-state index is 11.2. The number of unbranched alkanes of at least 4 members (excludes halogenated alkanes) is 1. The van der Waals surface area contributed by atoms with Gasteiger partial charge in [-0.1, -0.05) is 18.2 Å². The quantitative estimate of drug-likeness (QED) is 0.420. The number of hydrogen-bond donors (Lipinski definition) is 2. The van der Waals surface area contributed by atoms with E-state index >= 15 is 0 Å². The van der Waals surface area contributed by atoms with E-state index in [-0.39, 0.29) is 0 Å². The van der Waals surface area contributed by atoms with Crippen LogP contribution < -0.4 is 0 Å². The van der Waals surface area contributed by atoms with E-state index < -0.39 is 5.97 Å². The van der Waals surface area contributed by atoms with Gasteiger partial charge >= 0.3 is 5.97 Å². The average Bonchev–Trinajstić information content (AvgIpc) is 3.31. The Morgan fingerprint density at radius 3 is 2.93 bits per heavy atom. The monoisotopic (exact) mass is 404 g/mol. The van der Waals surface area contributed by atoms with Crippen LogP contribution in [0.5, 0.6) is 0 Å². The Labute approximate surface area is 173 Å². The molecule has 2 aromatic heterocycles. The average molecular weight is 405 g/mol. The molecule has 5 heteroatoms. The first-order valence-electron chi connectivity index (χ1n) is 10.2. The second-order valence-electron chi connectivity index (χ2n) is 7.86. The summed E-state index contributed by atoms with van der Waals surface area (Å²) in [6, 6.07) is 14.1. The van der Waals surface area contributed by atoms with Gasteiger partial charge in [-0.3, -0.25) is 4.90 Å². The third kappa shape index (κ3) is 3.56. The topological polar surface area (TPSA) is 56.3 Å². The molecule has 2 N–H and O–H groups in total. The van der Waals surface area contributed by atoms with Crippen LogP contribution in [-0.4, -0.2) is 34.0 Å². The van der Waals surface area contributed by atoms with Gasteiger partial charge < -0.3 is 10.1 Å². The van der Waals surface area contributed by atoms with E-state index in [1.165, 1.54) is 20.5 Å². The number of nitrogens with zero attached hydrogens (tertiary/aromatic N) is 1. The Morgan fingerprint density at radius 1 is 1.14 bits per heavy atom. The first-order chi connectivity index (χ1) is 14.2. The second-order valence-corrected chi connectivity index (χ2v) is 9.00. The van der Waals surface area contributed by atoms with E-state index in [2.05, 4.69) is 34.1 Å². The highest BCUT2D eigenvalue weighted by Crippen LogP contribution is 2.35. The van der Waals surface area contributed by atoms with E-state index in [0.29, 0.717) is 5.56 Å². The molecule has 0 unspecified atom stereocenters. The Morgan fingerprint density at radius 2 is 2.03 bits per heavy atom. The molecule has 0 bridgehead atoms. The molecule has 0 fully saturated rings. The summed E-state index contributed by atoms with van der Waals surface area (Å²) in [5, 5.41) is 11.7. The van der Waals surface area contributed by atoms with Crippen molar-refractivity contribution in [3.63, 3.8) is 0 Å². The maximum atomic E-state index is 11.2. The number of rotatable bonds is 6. The van der Waals surface area contributed by atoms with E-state index in [0.717, 1.165) is 56.2 Å². The molecule has 0 aliphatic carbocycles. The number of fused-ring (bicyclic) bond motifs is 4. The zero-order valence-electron chi connectivity index (χ0n) is 16.3. The van der Waals surface area contributed by atoms with Crippen molar-refractivity contribution in [1.29, 1.82) is 0 Å². The summed E-state index contributed by atoms with van der Waals surface area (Å²) >= 11 is 1.95. The lowest BCUT2D eigenvalue weighted by atomic mass is 10.0. The van der Waals surface area contributed by atoms with Crippen LogP contribution in [0, 0.1) is 0 Å². The first-order valence-corrected chi connectivity index (χ1v) is 11.1. The smallest absolute Gasteiger partial charge is 0.335 e. The Kier molecular flexibility index (Phi) is 4.86. The van der Waals surface area contributed by atoms with Gasteiger partial charge in [0, 0.05) is 39.8 Å². The summed E-state index contributed by atoms with van der Waals surface area (Å²) in [4.78, 5) is 18.6. The molecular weight excluding hydrogens is 380 g/mol. The summed E-state index contributed by atoms with van der Waals surface area (Å²) in [6.45, 7) is 3.34. The van der Waals surface area contributed by atoms with Gasteiger partial charge in [0.2, 0.25) is 0 Å². The molecule has 1 aliphatic rings. The third-order valence-corrected chi connectivity index (χ3v) is 7.21. The molecule has 0 spiro atoms. The highest BCUT2D eigenvalue weighted by Gasteiger charge is 2.20. The van der Waals surface area contributed by atoms with Crippen LogP contribution in [0.25, 0.3) is 21.0 Å². The van der Waals surface area contributed by atoms with Crippen molar-refractivity contribution >= 4 is 38.3 Å². The second kappa shape index (κ2) is 7.65. The molecule has 0 saturated carbocycles. The van der Waals surface area contributed by atoms with Gasteiger partial charge in [0.25, 0.3) is 0 Å². The number of carboxylic acid groups (broad SMARTS) is 1. The van der Waals surface area contributed by atoms with E-state index in [1.807, 2.05) is 23.6 Å². The minimum Gasteiger partial charge on any atom is -0.478 e. The van der Waals surface area contributed by atoms with E-state index in [4.69, 9.17) is 0 Å². The molecule has 0 amide bonds. The minimum absolute atomic E-state index is 0.353. The number of aromatic nitrogens is 1. The van der Waals surface area contributed by atoms with Gasteiger partial charge in [-0.05, 0) is 73.0 Å². The molecule has 0 radical (unpaired) electrons. The fourth-order valence-electron chi connectivity index (χ4n) is 4.46. The number of carbonyl (C=O) groups is 1. The highest BCUT2D eigenvalue weighted by molar-refractivity contribution is 7.19. The standard InChI is InChI=1S/C24H24N2O2S/c27-24(28)16-8-9-21-20(13-16)17(14-25-21)5-3-4-11-26-12-10-19-18-6-1-2-7-22(18)29-23(19)15-26/h1-2,6-9,13-14,25H,3-5,10-12,15H2,(H,27,28). The summed E-state index contributed by atoms with van der Waals surface area (Å²) in [7, 11) is 0. The van der Waals surface area contributed by atoms with Crippen molar-refractivity contribution in [3.8, 4) is 0 Å². The minimum atomic E-state index is -0.871. The zero-order valence-corrected chi connectivity index (χ0v) is 17.1. The molecule has 148 valence electrons. The van der Waals surface area contributed by atoms with Crippen LogP contribution in [0.15, 0.2) is 48.7 Å². The van der Waals surface area contributed by atoms with Crippen LogP contribution in [0.4, 0.5) is 0 Å². The van der Waals surface area contributed by atoms with Crippen molar-refractivity contribution in [2.75, 3.05) is 13.1 Å². The molecule has 0 saturated heterocycles. The van der Waals surface area contributed by atoms with Crippen molar-refractivity contribution < 1.29 is 9.90 Å². The summed E-state index contributed by atoms with van der Waals surface area (Å²) < 4.78 is 1.42. The van der Waals surface area contributed by atoms with Crippen molar-refractivity contribution in [2.24, 2.45) is 0 Å². The lowest BCUT2D eigenvalue weighted by molar-refractivity contribution is 0.0697. The van der Waals surface area contributed by atoms with Crippen LogP contribution in [0.1, 0.15) is 39.2 Å². The van der Waals surface area contributed by atoms with Gasteiger partial charge in [0.15, 0.2) is 0 Å². The fourth-order valence-corrected chi connectivity index (χ4v) is 5.76. The summed E-state index contributed by atoms with van der Waals surface area (Å²) in [5.41, 5.74) is 4.15. The predicted octanol–water partition coefficient (Wildman–Crippen LogP) is 5.46. The van der Waals surface area contributed by atoms with Gasteiger partial charge in [-0.2, -0.15) is 0 Å². The van der Waals surface area contributed by atoms with Crippen LogP contribution in [0.2, 0.25) is 0 Å². The molecule has 5 rings (SSSR count). The van der Waals surface area contributed by atoms with E-state index in [9.17, 15) is 9.90 Å². The molecule has 4 nitrogen and oxygen atoms in total. The molecule has 29 heavy (non-hydrogen) atoms. The first kappa shape index (κ1) is 18.4. The van der Waals surface area contributed by atoms with Crippen molar-refractivity contribution in [2.45, 2.75) is 32.2 Å². The lowest BCUT2D eigenvalue weighted by Crippen LogP contribution is -2.30. The Bertz CT molecular complexity index is 1190. The number of benzene rings is 2. The number of aromatic carboxylic acids is 1. The van der Waals surface area contributed by atoms with Crippen LogP contribution in [0.3, 0.4) is 0 Å². The van der Waals surface area contributed by atoms with Gasteiger partial charge in [0.1, 0.15) is 0 Å². The fraction of sp³-hybridized carbons (Fsp3) is 0.292. The van der Waals surface area contributed by atoms with Gasteiger partial charge in [-0.15, -0.1) is 11.3 Å². The third-order valence-electron chi connectivity index (χ3n) is 6.01. The number of nitrogens with one attached hydrogen (secondary N) is 1. The molecule has 3 heterocycles. The lowest BCUT2D eigenvalue weighted by Gasteiger charge is -2.26. The highest BCUT2D eigenvalue weighted by atomic mass is 32.1. The molecular formula is C24H24N2O2S. The largest absolute Gasteiger partial charge is 0.478 e. The maximum Gasteiger partial charge on any atom is 0.335 e. The summed E-state index contributed by atoms with van der Waals surface area (Å²) in [5.74, 6) is -0.871. The zero-order chi connectivity index (χ0) is 19.8. The Hall–Kier alpha value is -2.63. The molecule has 4 aromatic rings. The van der Waals surface area contributed by atoms with Crippen LogP contribution >= 0.6 is 11.3 Å². The summed E-state index contributed by atoms with van der Waals surface area (Å²) in [6.07, 6.45) is 6.43. The number of H-pyrrole nitrogens is 1. The Balaban J connectivity index is 1.19. The number of hydrogen-bond acceptors (Lipinski definition) is 3. The SMILES string of the molecule is O=C(O)c1ccc2[nH]cc(CCCCN3CCc4c(sc5ccccc45)C3)c2c1. The number of aryl methyl sites for hydroxylation is 1. The van der Waals surface area contributed by atoms with Gasteiger partial charge in [0.05, 0.1) is 5.56 Å². The number of thiophene rings is 1. The van der Waals surface area contributed by atoms with Crippen LogP contribution in [-0.2, 0) is 19.4 Å². The number of aromatic amines is 1. The van der Waals surface area contributed by atoms with Crippen molar-refractivity contribution in [1.82, 2.24) is 9.88 Å². The number of carboxylic acids is 1. The molecule has 2 aromatic carbocycles. The molecule has 1 aliphatic heterocycles. The molecule has 0 atom stereocenters. The normalized spacial score (nSPS) is 14.5.